The quantitative estimate of drug-likeness (QED) is 0.727. The molecule has 1 N–H and O–H groups in total. The first-order valence-electron chi connectivity index (χ1n) is 5.72. The molecule has 2 heterocycles. The van der Waals surface area contributed by atoms with Crippen molar-refractivity contribution in [1.82, 2.24) is 5.32 Å². The highest BCUT2D eigenvalue weighted by Crippen LogP contribution is 2.18. The van der Waals surface area contributed by atoms with Gasteiger partial charge in [0.05, 0.1) is 12.6 Å². The van der Waals surface area contributed by atoms with Gasteiger partial charge in [0.1, 0.15) is 6.10 Å². The highest BCUT2D eigenvalue weighted by atomic mass is 16.5. The smallest absolute Gasteiger partial charge is 0.201 e. The van der Waals surface area contributed by atoms with Gasteiger partial charge in [0.25, 0.3) is 0 Å². The van der Waals surface area contributed by atoms with Crippen LogP contribution in [0.2, 0.25) is 0 Å². The van der Waals surface area contributed by atoms with Crippen molar-refractivity contribution in [2.75, 3.05) is 13.1 Å². The molecule has 2 atom stereocenters. The third kappa shape index (κ3) is 2.08. The SMILES string of the molecule is CC(C)C1CN=C(C2CCCCN2)O1. The summed E-state index contributed by atoms with van der Waals surface area (Å²) in [4.78, 5) is 4.49. The third-order valence-corrected chi connectivity index (χ3v) is 3.05. The Kier molecular flexibility index (Phi) is 3.06. The van der Waals surface area contributed by atoms with Crippen molar-refractivity contribution < 1.29 is 4.74 Å². The largest absolute Gasteiger partial charge is 0.474 e. The van der Waals surface area contributed by atoms with E-state index in [4.69, 9.17) is 4.74 Å². The van der Waals surface area contributed by atoms with Crippen molar-refractivity contribution in [1.29, 1.82) is 0 Å². The molecule has 0 bridgehead atoms. The van der Waals surface area contributed by atoms with E-state index >= 15 is 0 Å². The van der Waals surface area contributed by atoms with E-state index in [-0.39, 0.29) is 0 Å². The Hall–Kier alpha value is -0.570. The minimum absolute atomic E-state index is 0.314. The molecule has 0 aromatic heterocycles. The van der Waals surface area contributed by atoms with Gasteiger partial charge in [0.2, 0.25) is 5.90 Å². The molecule has 0 spiro atoms. The Labute approximate surface area is 85.9 Å². The molecule has 0 radical (unpaired) electrons. The molecule has 2 aliphatic heterocycles. The summed E-state index contributed by atoms with van der Waals surface area (Å²) in [5.74, 6) is 1.53. The predicted octanol–water partition coefficient (Wildman–Crippen LogP) is 1.58. The number of rotatable bonds is 2. The van der Waals surface area contributed by atoms with Crippen LogP contribution in [0.15, 0.2) is 4.99 Å². The van der Waals surface area contributed by atoms with Gasteiger partial charge in [-0.05, 0) is 25.3 Å². The van der Waals surface area contributed by atoms with Gasteiger partial charge < -0.3 is 10.1 Å². The van der Waals surface area contributed by atoms with Gasteiger partial charge in [0.15, 0.2) is 0 Å². The van der Waals surface area contributed by atoms with Gasteiger partial charge in [-0.25, -0.2) is 0 Å². The van der Waals surface area contributed by atoms with Gasteiger partial charge in [-0.15, -0.1) is 0 Å². The first kappa shape index (κ1) is 9.97. The molecular weight excluding hydrogens is 176 g/mol. The summed E-state index contributed by atoms with van der Waals surface area (Å²) in [5.41, 5.74) is 0. The first-order chi connectivity index (χ1) is 6.77. The fraction of sp³-hybridized carbons (Fsp3) is 0.909. The summed E-state index contributed by atoms with van der Waals surface area (Å²) in [7, 11) is 0. The molecule has 0 amide bonds. The summed E-state index contributed by atoms with van der Waals surface area (Å²) in [5, 5.41) is 3.46. The van der Waals surface area contributed by atoms with E-state index in [1.165, 1.54) is 19.3 Å². The van der Waals surface area contributed by atoms with Crippen molar-refractivity contribution in [3.05, 3.63) is 0 Å². The number of hydrogen-bond acceptors (Lipinski definition) is 3. The summed E-state index contributed by atoms with van der Waals surface area (Å²) >= 11 is 0. The van der Waals surface area contributed by atoms with Gasteiger partial charge in [-0.3, -0.25) is 4.99 Å². The minimum atomic E-state index is 0.314. The second kappa shape index (κ2) is 4.30. The number of hydrogen-bond donors (Lipinski definition) is 1. The molecular formula is C11H20N2O. The Morgan fingerprint density at radius 1 is 1.43 bits per heavy atom. The van der Waals surface area contributed by atoms with E-state index in [2.05, 4.69) is 24.2 Å². The number of aliphatic imine (C=N–C) groups is 1. The fourth-order valence-electron chi connectivity index (χ4n) is 2.01. The first-order valence-corrected chi connectivity index (χ1v) is 5.72. The molecule has 3 nitrogen and oxygen atoms in total. The lowest BCUT2D eigenvalue weighted by Crippen LogP contribution is -2.41. The zero-order valence-corrected chi connectivity index (χ0v) is 9.12. The average Bonchev–Trinajstić information content (AvgIpc) is 2.68. The Balaban J connectivity index is 1.87. The lowest BCUT2D eigenvalue weighted by Gasteiger charge is -2.24. The molecule has 0 aromatic carbocycles. The van der Waals surface area contributed by atoms with Crippen LogP contribution in [0.4, 0.5) is 0 Å². The number of nitrogens with one attached hydrogen (secondary N) is 1. The Bertz CT molecular complexity index is 219. The van der Waals surface area contributed by atoms with Gasteiger partial charge in [-0.1, -0.05) is 20.3 Å². The molecule has 14 heavy (non-hydrogen) atoms. The number of ether oxygens (including phenoxy) is 1. The fourth-order valence-corrected chi connectivity index (χ4v) is 2.01. The van der Waals surface area contributed by atoms with Crippen molar-refractivity contribution in [2.24, 2.45) is 10.9 Å². The maximum absolute atomic E-state index is 5.85. The van der Waals surface area contributed by atoms with Crippen LogP contribution in [0.5, 0.6) is 0 Å². The van der Waals surface area contributed by atoms with E-state index in [1.54, 1.807) is 0 Å². The van der Waals surface area contributed by atoms with E-state index in [0.717, 1.165) is 19.0 Å². The Morgan fingerprint density at radius 2 is 2.29 bits per heavy atom. The summed E-state index contributed by atoms with van der Waals surface area (Å²) < 4.78 is 5.85. The lowest BCUT2D eigenvalue weighted by atomic mass is 10.1. The highest BCUT2D eigenvalue weighted by molar-refractivity contribution is 5.83. The van der Waals surface area contributed by atoms with E-state index in [0.29, 0.717) is 18.1 Å². The second-order valence-corrected chi connectivity index (χ2v) is 4.58. The van der Waals surface area contributed by atoms with Crippen LogP contribution in [0.1, 0.15) is 33.1 Å². The molecule has 2 aliphatic rings. The molecule has 1 fully saturated rings. The van der Waals surface area contributed by atoms with E-state index < -0.39 is 0 Å². The molecule has 3 heteroatoms. The van der Waals surface area contributed by atoms with E-state index in [1.807, 2.05) is 0 Å². The third-order valence-electron chi connectivity index (χ3n) is 3.05. The second-order valence-electron chi connectivity index (χ2n) is 4.58. The zero-order chi connectivity index (χ0) is 9.97. The number of piperidine rings is 1. The average molecular weight is 196 g/mol. The van der Waals surface area contributed by atoms with Gasteiger partial charge >= 0.3 is 0 Å². The molecule has 1 saturated heterocycles. The van der Waals surface area contributed by atoms with Gasteiger partial charge in [-0.2, -0.15) is 0 Å². The number of nitrogens with zero attached hydrogens (tertiary/aromatic N) is 1. The normalized spacial score (nSPS) is 32.9. The molecule has 2 rings (SSSR count). The van der Waals surface area contributed by atoms with Crippen LogP contribution in [-0.2, 0) is 4.74 Å². The maximum Gasteiger partial charge on any atom is 0.201 e. The van der Waals surface area contributed by atoms with E-state index in [9.17, 15) is 0 Å². The van der Waals surface area contributed by atoms with Gasteiger partial charge in [0, 0.05) is 0 Å². The molecule has 0 saturated carbocycles. The molecule has 0 aliphatic carbocycles. The lowest BCUT2D eigenvalue weighted by molar-refractivity contribution is 0.160. The minimum Gasteiger partial charge on any atom is -0.474 e. The molecule has 0 aromatic rings. The zero-order valence-electron chi connectivity index (χ0n) is 9.12. The monoisotopic (exact) mass is 196 g/mol. The molecule has 80 valence electrons. The van der Waals surface area contributed by atoms with Crippen LogP contribution < -0.4 is 5.32 Å². The van der Waals surface area contributed by atoms with Crippen molar-refractivity contribution in [3.8, 4) is 0 Å². The topological polar surface area (TPSA) is 33.6 Å². The summed E-state index contributed by atoms with van der Waals surface area (Å²) in [6.07, 6.45) is 4.08. The maximum atomic E-state index is 5.85. The summed E-state index contributed by atoms with van der Waals surface area (Å²) in [6.45, 7) is 6.35. The predicted molar refractivity (Wildman–Crippen MR) is 57.7 cm³/mol. The van der Waals surface area contributed by atoms with Crippen LogP contribution in [0.25, 0.3) is 0 Å². The van der Waals surface area contributed by atoms with Crippen LogP contribution in [-0.4, -0.2) is 31.1 Å². The molecule has 2 unspecified atom stereocenters. The summed E-state index contributed by atoms with van der Waals surface area (Å²) in [6, 6.07) is 0.396. The van der Waals surface area contributed by atoms with Crippen molar-refractivity contribution >= 4 is 5.90 Å². The highest BCUT2D eigenvalue weighted by Gasteiger charge is 2.28. The van der Waals surface area contributed by atoms with Crippen LogP contribution >= 0.6 is 0 Å². The van der Waals surface area contributed by atoms with Crippen LogP contribution in [0, 0.1) is 5.92 Å². The van der Waals surface area contributed by atoms with Crippen molar-refractivity contribution in [2.45, 2.75) is 45.3 Å². The Morgan fingerprint density at radius 3 is 2.86 bits per heavy atom. The van der Waals surface area contributed by atoms with Crippen molar-refractivity contribution in [3.63, 3.8) is 0 Å². The standard InChI is InChI=1S/C11H20N2O/c1-8(2)10-7-13-11(14-10)9-5-3-4-6-12-9/h8-10,12H,3-7H2,1-2H3. The van der Waals surface area contributed by atoms with Crippen LogP contribution in [0.3, 0.4) is 0 Å².